The molecule has 4 heterocycles. The van der Waals surface area contributed by atoms with Crippen molar-refractivity contribution in [1.82, 2.24) is 4.98 Å². The minimum atomic E-state index is -0.0397. The Kier molecular flexibility index (Phi) is 8.60. The Bertz CT molecular complexity index is 2030. The van der Waals surface area contributed by atoms with E-state index in [0.29, 0.717) is 0 Å². The molecule has 0 aliphatic carbocycles. The van der Waals surface area contributed by atoms with Gasteiger partial charge in [0.05, 0.1) is 5.69 Å². The molecule has 5 aromatic carbocycles. The van der Waals surface area contributed by atoms with E-state index in [4.69, 9.17) is 4.98 Å². The van der Waals surface area contributed by atoms with Crippen LogP contribution in [0.3, 0.4) is 0 Å². The number of hydrogen-bond acceptors (Lipinski definition) is 5. The zero-order chi connectivity index (χ0) is 33.0. The number of aryl methyl sites for hydroxylation is 2. The van der Waals surface area contributed by atoms with E-state index in [-0.39, 0.29) is 32.5 Å². The second kappa shape index (κ2) is 12.9. The number of anilines is 7. The van der Waals surface area contributed by atoms with Crippen molar-refractivity contribution in [3.05, 3.63) is 169 Å². The molecule has 0 saturated heterocycles. The third kappa shape index (κ3) is 5.33. The van der Waals surface area contributed by atoms with Crippen molar-refractivity contribution >= 4 is 52.4 Å². The fourth-order valence-electron chi connectivity index (χ4n) is 7.58. The van der Waals surface area contributed by atoms with Gasteiger partial charge in [0.2, 0.25) is 0 Å². The predicted octanol–water partition coefficient (Wildman–Crippen LogP) is 9.01. The Balaban J connectivity index is 0.000000164. The molecule has 0 bridgehead atoms. The Morgan fingerprint density at radius 1 is 0.694 bits per heavy atom. The number of fused-ring (bicyclic) bond motifs is 3. The molecule has 0 amide bonds. The molecule has 5 nitrogen and oxygen atoms in total. The van der Waals surface area contributed by atoms with E-state index in [0.717, 1.165) is 22.9 Å². The zero-order valence-corrected chi connectivity index (χ0v) is 30.7. The van der Waals surface area contributed by atoms with Gasteiger partial charge in [0.25, 0.3) is 0 Å². The summed E-state index contributed by atoms with van der Waals surface area (Å²) < 4.78 is 0. The van der Waals surface area contributed by atoms with Crippen LogP contribution in [0.15, 0.2) is 128 Å². The SMILES string of the molecule is CN1[CH-]N2c3[c-]cccc3C(C)(C)c3cccc1c32.Cc1cccc(C)c1B1N(c2ccccc2)c2cccnc2N1c1[c-]cccc1.[Ir+3]. The summed E-state index contributed by atoms with van der Waals surface area (Å²) in [6.45, 7) is 11.1. The largest absolute Gasteiger partial charge is 3.00 e. The molecule has 49 heavy (non-hydrogen) atoms. The minimum Gasteiger partial charge on any atom is -0.504 e. The molecule has 0 radical (unpaired) electrons. The molecule has 0 atom stereocenters. The number of rotatable bonds is 3. The number of nitrogens with zero attached hydrogens (tertiary/aromatic N) is 5. The van der Waals surface area contributed by atoms with Crippen LogP contribution in [-0.4, -0.2) is 19.0 Å². The molecule has 9 rings (SSSR count). The van der Waals surface area contributed by atoms with E-state index >= 15 is 0 Å². The second-order valence-corrected chi connectivity index (χ2v) is 13.2. The van der Waals surface area contributed by atoms with Crippen LogP contribution in [0.1, 0.15) is 36.1 Å². The Labute approximate surface area is 304 Å². The van der Waals surface area contributed by atoms with Gasteiger partial charge in [-0.25, -0.2) is 4.98 Å². The summed E-state index contributed by atoms with van der Waals surface area (Å²) in [6.07, 6.45) is 1.87. The van der Waals surface area contributed by atoms with Crippen LogP contribution in [0.2, 0.25) is 0 Å². The van der Waals surface area contributed by atoms with Crippen LogP contribution in [0, 0.1) is 32.6 Å². The van der Waals surface area contributed by atoms with Gasteiger partial charge in [0.1, 0.15) is 5.82 Å². The van der Waals surface area contributed by atoms with Crippen LogP contribution >= 0.6 is 0 Å². The zero-order valence-electron chi connectivity index (χ0n) is 28.3. The maximum atomic E-state index is 4.79. The molecule has 0 spiro atoms. The summed E-state index contributed by atoms with van der Waals surface area (Å²) in [6, 6.07) is 49.0. The molecule has 242 valence electrons. The second-order valence-electron chi connectivity index (χ2n) is 13.2. The van der Waals surface area contributed by atoms with Crippen molar-refractivity contribution in [2.24, 2.45) is 0 Å². The predicted molar refractivity (Wildman–Crippen MR) is 200 cm³/mol. The van der Waals surface area contributed by atoms with Crippen LogP contribution in [-0.2, 0) is 25.5 Å². The third-order valence-electron chi connectivity index (χ3n) is 9.88. The number of aromatic nitrogens is 1. The first-order valence-corrected chi connectivity index (χ1v) is 16.5. The standard InChI is InChI=1S/C25H21BN3.C17H16N2.Ir/c1-19-11-9-12-20(2)24(19)26-28(21-13-5-3-6-14-21)23-17-10-18-27-25(23)29(26)22-15-7-4-8-16-22;1-17(2)12-7-4-5-9-14(12)19-11-18(3)15-10-6-8-13(17)16(15)19;/h3-15,17-18H,1-2H3;4-8,10-11H,1-3H3;/q-1;-2;+3. The molecule has 0 unspecified atom stereocenters. The van der Waals surface area contributed by atoms with Gasteiger partial charge in [-0.3, -0.25) is 0 Å². The van der Waals surface area contributed by atoms with Crippen molar-refractivity contribution < 1.29 is 20.1 Å². The van der Waals surface area contributed by atoms with Gasteiger partial charge < -0.3 is 19.4 Å². The number of para-hydroxylation sites is 4. The summed E-state index contributed by atoms with van der Waals surface area (Å²) >= 11 is 0. The first kappa shape index (κ1) is 32.7. The van der Waals surface area contributed by atoms with Crippen molar-refractivity contribution in [2.45, 2.75) is 33.1 Å². The molecule has 1 aromatic heterocycles. The molecule has 7 heteroatoms. The van der Waals surface area contributed by atoms with Crippen LogP contribution < -0.4 is 24.9 Å². The molecule has 3 aliphatic heterocycles. The molecular formula is C42H37BIrN5. The summed E-state index contributed by atoms with van der Waals surface area (Å²) in [5.41, 5.74) is 13.6. The molecule has 0 saturated carbocycles. The molecule has 6 aromatic rings. The quantitative estimate of drug-likeness (QED) is 0.131. The topological polar surface area (TPSA) is 25.9 Å². The number of benzene rings is 5. The summed E-state index contributed by atoms with van der Waals surface area (Å²) in [4.78, 5) is 13.9. The van der Waals surface area contributed by atoms with Gasteiger partial charge in [-0.1, -0.05) is 79.2 Å². The van der Waals surface area contributed by atoms with E-state index in [9.17, 15) is 0 Å². The molecule has 3 aliphatic rings. The maximum absolute atomic E-state index is 4.79. The van der Waals surface area contributed by atoms with Crippen LogP contribution in [0.25, 0.3) is 0 Å². The van der Waals surface area contributed by atoms with Gasteiger partial charge in [0, 0.05) is 23.3 Å². The molecule has 0 N–H and O–H groups in total. The minimum absolute atomic E-state index is 0. The molecular weight excluding hydrogens is 778 g/mol. The molecule has 0 fully saturated rings. The Morgan fingerprint density at radius 2 is 1.39 bits per heavy atom. The van der Waals surface area contributed by atoms with Crippen molar-refractivity contribution in [1.29, 1.82) is 0 Å². The average Bonchev–Trinajstić information content (AvgIpc) is 3.64. The van der Waals surface area contributed by atoms with Gasteiger partial charge in [0.15, 0.2) is 0 Å². The average molecular weight is 815 g/mol. The van der Waals surface area contributed by atoms with Gasteiger partial charge in [-0.15, -0.1) is 17.3 Å². The van der Waals surface area contributed by atoms with Crippen molar-refractivity contribution in [3.8, 4) is 0 Å². The van der Waals surface area contributed by atoms with E-state index in [2.05, 4.69) is 170 Å². The van der Waals surface area contributed by atoms with Crippen LogP contribution in [0.5, 0.6) is 0 Å². The van der Waals surface area contributed by atoms with E-state index in [1.807, 2.05) is 30.5 Å². The first-order chi connectivity index (χ1) is 23.4. The van der Waals surface area contributed by atoms with E-state index < -0.39 is 0 Å². The van der Waals surface area contributed by atoms with Crippen molar-refractivity contribution in [2.75, 3.05) is 26.5 Å². The third-order valence-corrected chi connectivity index (χ3v) is 9.88. The monoisotopic (exact) mass is 815 g/mol. The summed E-state index contributed by atoms with van der Waals surface area (Å²) in [5, 5.41) is 0. The fourth-order valence-corrected chi connectivity index (χ4v) is 7.58. The van der Waals surface area contributed by atoms with Gasteiger partial charge in [-0.05, 0) is 67.7 Å². The maximum Gasteiger partial charge on any atom is 3.00 e. The summed E-state index contributed by atoms with van der Waals surface area (Å²) in [7, 11) is 2.10. The Morgan fingerprint density at radius 3 is 2.14 bits per heavy atom. The first-order valence-electron chi connectivity index (χ1n) is 16.5. The normalized spacial score (nSPS) is 14.8. The summed E-state index contributed by atoms with van der Waals surface area (Å²) in [5.74, 6) is 0.950. The number of pyridine rings is 1. The van der Waals surface area contributed by atoms with Gasteiger partial charge >= 0.3 is 27.1 Å². The number of hydrogen-bond donors (Lipinski definition) is 0. The van der Waals surface area contributed by atoms with Gasteiger partial charge in [-0.2, -0.15) is 55.2 Å². The van der Waals surface area contributed by atoms with Crippen molar-refractivity contribution in [3.63, 3.8) is 0 Å². The van der Waals surface area contributed by atoms with E-state index in [1.54, 1.807) is 0 Å². The smallest absolute Gasteiger partial charge is 0.504 e. The Hall–Kier alpha value is -4.84. The van der Waals surface area contributed by atoms with Crippen LogP contribution in [0.4, 0.5) is 39.9 Å². The van der Waals surface area contributed by atoms with E-state index in [1.165, 1.54) is 44.8 Å². The fraction of sp³-hybridized carbons (Fsp3) is 0.143.